The van der Waals surface area contributed by atoms with Crippen LogP contribution in [0.2, 0.25) is 0 Å². The molecule has 2 nitrogen and oxygen atoms in total. The molecular formula is C11H21F3N2. The molecule has 0 spiro atoms. The minimum atomic E-state index is -4.11. The number of alkyl halides is 3. The number of piperazine rings is 1. The number of rotatable bonds is 1. The monoisotopic (exact) mass is 238 g/mol. The van der Waals surface area contributed by atoms with Gasteiger partial charge < -0.3 is 5.32 Å². The van der Waals surface area contributed by atoms with Gasteiger partial charge in [0, 0.05) is 25.2 Å². The summed E-state index contributed by atoms with van der Waals surface area (Å²) >= 11 is 0. The predicted octanol–water partition coefficient (Wildman–Crippen LogP) is 2.26. The average Bonchev–Trinajstić information content (AvgIpc) is 1.97. The molecule has 5 heteroatoms. The molecule has 0 bridgehead atoms. The number of halogens is 3. The van der Waals surface area contributed by atoms with E-state index in [0.29, 0.717) is 13.1 Å². The standard InChI is InChI=1S/C11H21F3N2/c1-8-6-16(7-11(12,13)14)9(5-15-8)10(2,3)4/h8-9,15H,5-7H2,1-4H3. The molecule has 1 fully saturated rings. The van der Waals surface area contributed by atoms with Crippen LogP contribution in [-0.4, -0.2) is 42.8 Å². The van der Waals surface area contributed by atoms with Crippen molar-refractivity contribution in [3.8, 4) is 0 Å². The van der Waals surface area contributed by atoms with E-state index in [0.717, 1.165) is 0 Å². The van der Waals surface area contributed by atoms with Crippen LogP contribution in [0, 0.1) is 5.41 Å². The molecule has 96 valence electrons. The first-order valence-corrected chi connectivity index (χ1v) is 5.64. The van der Waals surface area contributed by atoms with Crippen LogP contribution in [0.4, 0.5) is 13.2 Å². The van der Waals surface area contributed by atoms with Gasteiger partial charge in [-0.05, 0) is 12.3 Å². The van der Waals surface area contributed by atoms with Crippen molar-refractivity contribution in [3.05, 3.63) is 0 Å². The molecule has 1 aliphatic heterocycles. The zero-order valence-electron chi connectivity index (χ0n) is 10.4. The quantitative estimate of drug-likeness (QED) is 0.754. The van der Waals surface area contributed by atoms with Crippen molar-refractivity contribution in [2.24, 2.45) is 5.41 Å². The Morgan fingerprint density at radius 1 is 1.25 bits per heavy atom. The highest BCUT2D eigenvalue weighted by Gasteiger charge is 2.40. The second-order valence-corrected chi connectivity index (χ2v) is 5.74. The summed E-state index contributed by atoms with van der Waals surface area (Å²) < 4.78 is 37.4. The number of hydrogen-bond acceptors (Lipinski definition) is 2. The summed E-state index contributed by atoms with van der Waals surface area (Å²) in [7, 11) is 0. The van der Waals surface area contributed by atoms with Crippen molar-refractivity contribution >= 4 is 0 Å². The molecule has 1 aliphatic rings. The first kappa shape index (κ1) is 13.8. The van der Waals surface area contributed by atoms with E-state index in [9.17, 15) is 13.2 Å². The topological polar surface area (TPSA) is 15.3 Å². The van der Waals surface area contributed by atoms with Crippen LogP contribution in [0.15, 0.2) is 0 Å². The smallest absolute Gasteiger partial charge is 0.311 e. The molecule has 0 aromatic heterocycles. The predicted molar refractivity (Wildman–Crippen MR) is 58.3 cm³/mol. The highest BCUT2D eigenvalue weighted by atomic mass is 19.4. The Morgan fingerprint density at radius 3 is 2.25 bits per heavy atom. The SMILES string of the molecule is CC1CN(CC(F)(F)F)C(C(C)(C)C)CN1. The Kier molecular flexibility index (Phi) is 3.90. The van der Waals surface area contributed by atoms with Crippen molar-refractivity contribution < 1.29 is 13.2 Å². The minimum absolute atomic E-state index is 0.0645. The van der Waals surface area contributed by atoms with E-state index in [2.05, 4.69) is 5.32 Å². The summed E-state index contributed by atoms with van der Waals surface area (Å²) in [5, 5.41) is 3.25. The largest absolute Gasteiger partial charge is 0.401 e. The van der Waals surface area contributed by atoms with Crippen molar-refractivity contribution in [2.45, 2.75) is 46.0 Å². The summed E-state index contributed by atoms with van der Waals surface area (Å²) in [5.74, 6) is 0. The van der Waals surface area contributed by atoms with Gasteiger partial charge in [0.15, 0.2) is 0 Å². The fourth-order valence-corrected chi connectivity index (χ4v) is 2.24. The molecule has 0 aromatic rings. The molecule has 2 atom stereocenters. The Morgan fingerprint density at radius 2 is 1.81 bits per heavy atom. The second-order valence-electron chi connectivity index (χ2n) is 5.74. The van der Waals surface area contributed by atoms with Crippen LogP contribution >= 0.6 is 0 Å². The van der Waals surface area contributed by atoms with E-state index < -0.39 is 12.7 Å². The Labute approximate surface area is 95.2 Å². The van der Waals surface area contributed by atoms with Gasteiger partial charge in [0.1, 0.15) is 0 Å². The molecule has 1 saturated heterocycles. The molecule has 1 heterocycles. The highest BCUT2D eigenvalue weighted by molar-refractivity contribution is 4.91. The van der Waals surface area contributed by atoms with Crippen LogP contribution in [0.25, 0.3) is 0 Å². The normalized spacial score (nSPS) is 29.4. The fraction of sp³-hybridized carbons (Fsp3) is 1.00. The van der Waals surface area contributed by atoms with Crippen LogP contribution in [0.5, 0.6) is 0 Å². The number of nitrogens with one attached hydrogen (secondary N) is 1. The summed E-state index contributed by atoms with van der Waals surface area (Å²) in [5.41, 5.74) is -0.140. The van der Waals surface area contributed by atoms with Gasteiger partial charge in [-0.15, -0.1) is 0 Å². The van der Waals surface area contributed by atoms with Crippen molar-refractivity contribution in [1.82, 2.24) is 10.2 Å². The molecule has 1 N–H and O–H groups in total. The number of hydrogen-bond donors (Lipinski definition) is 1. The van der Waals surface area contributed by atoms with Crippen molar-refractivity contribution in [3.63, 3.8) is 0 Å². The summed E-state index contributed by atoms with van der Waals surface area (Å²) in [6, 6.07) is 0.0614. The minimum Gasteiger partial charge on any atom is -0.311 e. The zero-order valence-corrected chi connectivity index (χ0v) is 10.4. The van der Waals surface area contributed by atoms with Gasteiger partial charge in [0.25, 0.3) is 0 Å². The lowest BCUT2D eigenvalue weighted by atomic mass is 9.84. The first-order chi connectivity index (χ1) is 7.09. The molecule has 0 saturated carbocycles. The highest BCUT2D eigenvalue weighted by Crippen LogP contribution is 2.29. The average molecular weight is 238 g/mol. The van der Waals surface area contributed by atoms with Crippen LogP contribution < -0.4 is 5.32 Å². The summed E-state index contributed by atoms with van der Waals surface area (Å²) in [4.78, 5) is 1.56. The Hall–Kier alpha value is -0.290. The third-order valence-electron chi connectivity index (χ3n) is 2.99. The Bertz CT molecular complexity index is 232. The molecular weight excluding hydrogens is 217 g/mol. The summed E-state index contributed by atoms with van der Waals surface area (Å²) in [6.07, 6.45) is -4.11. The van der Waals surface area contributed by atoms with Crippen molar-refractivity contribution in [1.29, 1.82) is 0 Å². The van der Waals surface area contributed by atoms with Crippen LogP contribution in [-0.2, 0) is 0 Å². The van der Waals surface area contributed by atoms with E-state index in [4.69, 9.17) is 0 Å². The van der Waals surface area contributed by atoms with Gasteiger partial charge in [-0.1, -0.05) is 20.8 Å². The first-order valence-electron chi connectivity index (χ1n) is 5.64. The molecule has 2 unspecified atom stereocenters. The van der Waals surface area contributed by atoms with Gasteiger partial charge in [-0.2, -0.15) is 13.2 Å². The Balaban J connectivity index is 2.74. The van der Waals surface area contributed by atoms with Gasteiger partial charge in [-0.25, -0.2) is 0 Å². The fourth-order valence-electron chi connectivity index (χ4n) is 2.24. The zero-order chi connectivity index (χ0) is 12.6. The van der Waals surface area contributed by atoms with Gasteiger partial charge in [-0.3, -0.25) is 4.90 Å². The van der Waals surface area contributed by atoms with Crippen molar-refractivity contribution in [2.75, 3.05) is 19.6 Å². The van der Waals surface area contributed by atoms with Crippen LogP contribution in [0.3, 0.4) is 0 Å². The van der Waals surface area contributed by atoms with Crippen LogP contribution in [0.1, 0.15) is 27.7 Å². The van der Waals surface area contributed by atoms with E-state index in [1.54, 1.807) is 4.90 Å². The molecule has 0 aliphatic carbocycles. The van der Waals surface area contributed by atoms with Gasteiger partial charge >= 0.3 is 6.18 Å². The van der Waals surface area contributed by atoms with Gasteiger partial charge in [0.2, 0.25) is 0 Å². The van der Waals surface area contributed by atoms with E-state index in [-0.39, 0.29) is 17.5 Å². The second kappa shape index (κ2) is 4.53. The number of nitrogens with zero attached hydrogens (tertiary/aromatic N) is 1. The van der Waals surface area contributed by atoms with E-state index in [1.165, 1.54) is 0 Å². The maximum Gasteiger partial charge on any atom is 0.401 e. The maximum absolute atomic E-state index is 12.5. The maximum atomic E-state index is 12.5. The lowest BCUT2D eigenvalue weighted by Gasteiger charge is -2.45. The third kappa shape index (κ3) is 3.94. The lowest BCUT2D eigenvalue weighted by molar-refractivity contribution is -0.159. The molecule has 0 amide bonds. The molecule has 0 radical (unpaired) electrons. The van der Waals surface area contributed by atoms with Gasteiger partial charge in [0.05, 0.1) is 6.54 Å². The third-order valence-corrected chi connectivity index (χ3v) is 2.99. The molecule has 1 rings (SSSR count). The van der Waals surface area contributed by atoms with E-state index in [1.807, 2.05) is 27.7 Å². The van der Waals surface area contributed by atoms with E-state index >= 15 is 0 Å². The molecule has 0 aromatic carbocycles. The summed E-state index contributed by atoms with van der Waals surface area (Å²) in [6.45, 7) is 8.15. The lowest BCUT2D eigenvalue weighted by Crippen LogP contribution is -2.61. The molecule has 16 heavy (non-hydrogen) atoms.